The van der Waals surface area contributed by atoms with Crippen LogP contribution in [0.5, 0.6) is 0 Å². The monoisotopic (exact) mass is 325 g/mol. The number of nitrogens with zero attached hydrogens (tertiary/aromatic N) is 3. The Labute approximate surface area is 140 Å². The Kier molecular flexibility index (Phi) is 3.71. The van der Waals surface area contributed by atoms with Crippen molar-refractivity contribution in [3.63, 3.8) is 0 Å². The first-order valence-corrected chi connectivity index (χ1v) is 8.40. The molecule has 1 aromatic heterocycles. The molecule has 2 heterocycles. The normalized spacial score (nSPS) is 19.2. The molecule has 1 saturated carbocycles. The maximum absolute atomic E-state index is 13.1. The van der Waals surface area contributed by atoms with E-state index in [9.17, 15) is 9.18 Å². The second-order valence-electron chi connectivity index (χ2n) is 6.56. The molecular weight excluding hydrogens is 305 g/mol. The molecule has 1 aromatic carbocycles. The van der Waals surface area contributed by atoms with Gasteiger partial charge in [-0.05, 0) is 42.7 Å². The van der Waals surface area contributed by atoms with Gasteiger partial charge in [-0.15, -0.1) is 0 Å². The van der Waals surface area contributed by atoms with Crippen molar-refractivity contribution in [2.24, 2.45) is 0 Å². The fourth-order valence-corrected chi connectivity index (χ4v) is 3.50. The van der Waals surface area contributed by atoms with Crippen molar-refractivity contribution in [1.29, 1.82) is 0 Å². The predicted molar refractivity (Wildman–Crippen MR) is 90.3 cm³/mol. The van der Waals surface area contributed by atoms with Gasteiger partial charge in [-0.3, -0.25) is 4.79 Å². The molecule has 0 bridgehead atoms. The summed E-state index contributed by atoms with van der Waals surface area (Å²) in [6, 6.07) is 12.3. The lowest BCUT2D eigenvalue weighted by atomic mass is 9.94. The van der Waals surface area contributed by atoms with E-state index < -0.39 is 5.41 Å². The van der Waals surface area contributed by atoms with Crippen molar-refractivity contribution >= 4 is 11.7 Å². The lowest BCUT2D eigenvalue weighted by Gasteiger charge is -2.37. The molecule has 0 spiro atoms. The molecule has 1 saturated heterocycles. The highest BCUT2D eigenvalue weighted by Gasteiger charge is 2.53. The summed E-state index contributed by atoms with van der Waals surface area (Å²) in [7, 11) is 0. The standard InChI is InChI=1S/C19H20FN3O/c20-16-6-4-15(5-7-16)19(8-9-19)18(24)23-13-11-22(12-14-23)17-3-1-2-10-21-17/h1-7,10H,8-9,11-14H2. The van der Waals surface area contributed by atoms with Crippen molar-refractivity contribution < 1.29 is 9.18 Å². The van der Waals surface area contributed by atoms with E-state index >= 15 is 0 Å². The average Bonchev–Trinajstić information content (AvgIpc) is 3.44. The Morgan fingerprint density at radius 2 is 1.71 bits per heavy atom. The Balaban J connectivity index is 1.44. The number of halogens is 1. The zero-order valence-corrected chi connectivity index (χ0v) is 13.5. The van der Waals surface area contributed by atoms with Crippen molar-refractivity contribution in [1.82, 2.24) is 9.88 Å². The van der Waals surface area contributed by atoms with E-state index in [2.05, 4.69) is 9.88 Å². The van der Waals surface area contributed by atoms with Crippen molar-refractivity contribution in [2.45, 2.75) is 18.3 Å². The largest absolute Gasteiger partial charge is 0.353 e. The van der Waals surface area contributed by atoms with Crippen LogP contribution in [0.1, 0.15) is 18.4 Å². The highest BCUT2D eigenvalue weighted by molar-refractivity contribution is 5.91. The topological polar surface area (TPSA) is 36.4 Å². The van der Waals surface area contributed by atoms with Gasteiger partial charge in [0.1, 0.15) is 11.6 Å². The van der Waals surface area contributed by atoms with Crippen molar-refractivity contribution in [2.75, 3.05) is 31.1 Å². The molecule has 24 heavy (non-hydrogen) atoms. The van der Waals surface area contributed by atoms with Gasteiger partial charge >= 0.3 is 0 Å². The van der Waals surface area contributed by atoms with E-state index in [1.807, 2.05) is 23.1 Å². The van der Waals surface area contributed by atoms with Gasteiger partial charge < -0.3 is 9.80 Å². The van der Waals surface area contributed by atoms with Crippen LogP contribution in [-0.4, -0.2) is 42.0 Å². The van der Waals surface area contributed by atoms with Crippen molar-refractivity contribution in [3.8, 4) is 0 Å². The molecule has 0 radical (unpaired) electrons. The number of carbonyl (C=O) groups excluding carboxylic acids is 1. The summed E-state index contributed by atoms with van der Waals surface area (Å²) in [5.41, 5.74) is 0.530. The summed E-state index contributed by atoms with van der Waals surface area (Å²) in [6.07, 6.45) is 3.51. The third-order valence-corrected chi connectivity index (χ3v) is 5.10. The van der Waals surface area contributed by atoms with Crippen molar-refractivity contribution in [3.05, 3.63) is 60.0 Å². The number of piperazine rings is 1. The van der Waals surface area contributed by atoms with E-state index in [4.69, 9.17) is 0 Å². The van der Waals surface area contributed by atoms with Gasteiger partial charge in [0.05, 0.1) is 5.41 Å². The second-order valence-corrected chi connectivity index (χ2v) is 6.56. The number of amides is 1. The van der Waals surface area contributed by atoms with E-state index in [0.717, 1.165) is 37.3 Å². The minimum absolute atomic E-state index is 0.190. The van der Waals surface area contributed by atoms with Crippen LogP contribution >= 0.6 is 0 Å². The minimum atomic E-state index is -0.416. The quantitative estimate of drug-likeness (QED) is 0.870. The SMILES string of the molecule is O=C(N1CCN(c2ccccn2)CC1)C1(c2ccc(F)cc2)CC1. The van der Waals surface area contributed by atoms with Gasteiger partial charge in [0.25, 0.3) is 0 Å². The van der Waals surface area contributed by atoms with Gasteiger partial charge in [0.2, 0.25) is 5.91 Å². The lowest BCUT2D eigenvalue weighted by molar-refractivity contribution is -0.134. The fourth-order valence-electron chi connectivity index (χ4n) is 3.50. The first-order chi connectivity index (χ1) is 11.7. The van der Waals surface area contributed by atoms with Gasteiger partial charge in [-0.1, -0.05) is 18.2 Å². The highest BCUT2D eigenvalue weighted by atomic mass is 19.1. The summed E-state index contributed by atoms with van der Waals surface area (Å²) in [6.45, 7) is 3.00. The molecule has 1 amide bonds. The molecular formula is C19H20FN3O. The second kappa shape index (κ2) is 5.89. The minimum Gasteiger partial charge on any atom is -0.353 e. The molecule has 1 aliphatic carbocycles. The predicted octanol–water partition coefficient (Wildman–Crippen LogP) is 2.60. The molecule has 4 rings (SSSR count). The molecule has 2 aliphatic rings. The highest BCUT2D eigenvalue weighted by Crippen LogP contribution is 2.49. The maximum atomic E-state index is 13.1. The third-order valence-electron chi connectivity index (χ3n) is 5.10. The van der Waals surface area contributed by atoms with Gasteiger partial charge in [-0.25, -0.2) is 9.37 Å². The zero-order chi connectivity index (χ0) is 16.6. The maximum Gasteiger partial charge on any atom is 0.233 e. The molecule has 4 nitrogen and oxygen atoms in total. The molecule has 0 atom stereocenters. The Morgan fingerprint density at radius 1 is 1.00 bits per heavy atom. The lowest BCUT2D eigenvalue weighted by Crippen LogP contribution is -2.51. The number of rotatable bonds is 3. The van der Waals surface area contributed by atoms with Crippen LogP contribution in [0.15, 0.2) is 48.7 Å². The van der Waals surface area contributed by atoms with Gasteiger partial charge in [0, 0.05) is 32.4 Å². The van der Waals surface area contributed by atoms with Crippen LogP contribution in [0.25, 0.3) is 0 Å². The number of anilines is 1. The summed E-state index contributed by atoms with van der Waals surface area (Å²) in [4.78, 5) is 21.5. The number of aromatic nitrogens is 1. The first kappa shape index (κ1) is 15.1. The molecule has 2 fully saturated rings. The molecule has 2 aromatic rings. The molecule has 124 valence electrons. The van der Waals surface area contributed by atoms with Crippen LogP contribution in [0.2, 0.25) is 0 Å². The smallest absolute Gasteiger partial charge is 0.233 e. The fraction of sp³-hybridized carbons (Fsp3) is 0.368. The average molecular weight is 325 g/mol. The van der Waals surface area contributed by atoms with Crippen LogP contribution in [-0.2, 0) is 10.2 Å². The third kappa shape index (κ3) is 2.64. The summed E-state index contributed by atoms with van der Waals surface area (Å²) in [5.74, 6) is 0.894. The van der Waals surface area contributed by atoms with Crippen LogP contribution in [0, 0.1) is 5.82 Å². The zero-order valence-electron chi connectivity index (χ0n) is 13.5. The Bertz CT molecular complexity index is 720. The van der Waals surface area contributed by atoms with E-state index in [1.54, 1.807) is 18.3 Å². The van der Waals surface area contributed by atoms with Gasteiger partial charge in [-0.2, -0.15) is 0 Å². The molecule has 1 aliphatic heterocycles. The van der Waals surface area contributed by atoms with Crippen LogP contribution < -0.4 is 4.90 Å². The van der Waals surface area contributed by atoms with E-state index in [-0.39, 0.29) is 11.7 Å². The summed E-state index contributed by atoms with van der Waals surface area (Å²) in [5, 5.41) is 0. The number of pyridine rings is 1. The number of hydrogen-bond acceptors (Lipinski definition) is 3. The van der Waals surface area contributed by atoms with Crippen LogP contribution in [0.3, 0.4) is 0 Å². The Hall–Kier alpha value is -2.43. The first-order valence-electron chi connectivity index (χ1n) is 8.40. The molecule has 0 unspecified atom stereocenters. The number of carbonyl (C=O) groups is 1. The molecule has 5 heteroatoms. The summed E-state index contributed by atoms with van der Waals surface area (Å²) < 4.78 is 13.1. The van der Waals surface area contributed by atoms with E-state index in [1.165, 1.54) is 12.1 Å². The van der Waals surface area contributed by atoms with Gasteiger partial charge in [0.15, 0.2) is 0 Å². The molecule has 0 N–H and O–H groups in total. The number of benzene rings is 1. The Morgan fingerprint density at radius 3 is 2.29 bits per heavy atom. The summed E-state index contributed by atoms with van der Waals surface area (Å²) >= 11 is 0. The van der Waals surface area contributed by atoms with Crippen LogP contribution in [0.4, 0.5) is 10.2 Å². The number of hydrogen-bond donors (Lipinski definition) is 0. The van der Waals surface area contributed by atoms with E-state index in [0.29, 0.717) is 13.1 Å².